The van der Waals surface area contributed by atoms with Crippen molar-refractivity contribution in [3.05, 3.63) is 59.4 Å². The summed E-state index contributed by atoms with van der Waals surface area (Å²) in [5, 5.41) is 2.73. The van der Waals surface area contributed by atoms with E-state index in [9.17, 15) is 14.0 Å². The highest BCUT2D eigenvalue weighted by molar-refractivity contribution is 6.05. The summed E-state index contributed by atoms with van der Waals surface area (Å²) < 4.78 is 31.8. The van der Waals surface area contributed by atoms with Crippen LogP contribution in [-0.2, 0) is 9.47 Å². The molecule has 2 aliphatic heterocycles. The zero-order valence-electron chi connectivity index (χ0n) is 23.3. The largest absolute Gasteiger partial charge is 0.491 e. The zero-order valence-corrected chi connectivity index (χ0v) is 23.3. The molecule has 2 amide bonds. The van der Waals surface area contributed by atoms with Gasteiger partial charge in [-0.15, -0.1) is 0 Å². The molecule has 0 saturated carbocycles. The monoisotopic (exact) mass is 541 g/mol. The molecule has 0 aromatic heterocycles. The number of methoxy groups -OCH3 is 1. The second-order valence-electron chi connectivity index (χ2n) is 10.8. The Bertz CT molecular complexity index is 1140. The molecule has 0 unspecified atom stereocenters. The molecule has 2 aliphatic rings. The van der Waals surface area contributed by atoms with Gasteiger partial charge in [-0.05, 0) is 55.9 Å². The van der Waals surface area contributed by atoms with E-state index >= 15 is 0 Å². The van der Waals surface area contributed by atoms with E-state index in [1.54, 1.807) is 43.3 Å². The second kappa shape index (κ2) is 13.4. The van der Waals surface area contributed by atoms with E-state index in [1.165, 1.54) is 18.2 Å². The van der Waals surface area contributed by atoms with Crippen LogP contribution in [0.3, 0.4) is 0 Å². The van der Waals surface area contributed by atoms with Crippen molar-refractivity contribution in [1.29, 1.82) is 0 Å². The number of nitrogens with one attached hydrogen (secondary N) is 1. The van der Waals surface area contributed by atoms with E-state index < -0.39 is 11.7 Å². The van der Waals surface area contributed by atoms with E-state index in [-0.39, 0.29) is 29.5 Å². The summed E-state index contributed by atoms with van der Waals surface area (Å²) in [5.41, 5.74) is 0.756. The lowest BCUT2D eigenvalue weighted by Crippen LogP contribution is -2.48. The van der Waals surface area contributed by atoms with Crippen molar-refractivity contribution < 1.29 is 28.2 Å². The number of carbonyl (C=O) groups excluding carboxylic acids is 2. The van der Waals surface area contributed by atoms with Gasteiger partial charge in [0.1, 0.15) is 18.2 Å². The summed E-state index contributed by atoms with van der Waals surface area (Å²) in [4.78, 5) is 30.3. The highest BCUT2D eigenvalue weighted by Crippen LogP contribution is 2.28. The molecule has 3 atom stereocenters. The van der Waals surface area contributed by atoms with Gasteiger partial charge in [-0.1, -0.05) is 19.1 Å². The number of hydrogen-bond donors (Lipinski definition) is 1. The van der Waals surface area contributed by atoms with E-state index in [2.05, 4.69) is 24.1 Å². The quantitative estimate of drug-likeness (QED) is 0.608. The number of anilines is 1. The fourth-order valence-corrected chi connectivity index (χ4v) is 5.28. The number of benzene rings is 2. The zero-order chi connectivity index (χ0) is 27.9. The van der Waals surface area contributed by atoms with Crippen molar-refractivity contribution in [3.8, 4) is 5.75 Å². The number of likely N-dealkylation sites (N-methyl/N-ethyl adjacent to an activating group) is 1. The first-order valence-electron chi connectivity index (χ1n) is 13.7. The Balaban J connectivity index is 1.60. The molecule has 1 N–H and O–H groups in total. The number of rotatable bonds is 5. The Morgan fingerprint density at radius 3 is 2.59 bits per heavy atom. The molecule has 0 bridgehead atoms. The first-order valence-corrected chi connectivity index (χ1v) is 13.7. The van der Waals surface area contributed by atoms with E-state index in [0.29, 0.717) is 36.1 Å². The number of hydrogen-bond acceptors (Lipinski definition) is 6. The van der Waals surface area contributed by atoms with Gasteiger partial charge in [0.05, 0.1) is 17.2 Å². The first kappa shape index (κ1) is 29.0. The highest BCUT2D eigenvalue weighted by Gasteiger charge is 2.30. The Morgan fingerprint density at radius 2 is 1.87 bits per heavy atom. The number of nitrogens with zero attached hydrogens (tertiary/aromatic N) is 2. The van der Waals surface area contributed by atoms with Crippen LogP contribution in [0.2, 0.25) is 0 Å². The van der Waals surface area contributed by atoms with Crippen LogP contribution < -0.4 is 10.1 Å². The Morgan fingerprint density at radius 1 is 1.13 bits per heavy atom. The summed E-state index contributed by atoms with van der Waals surface area (Å²) in [6, 6.07) is 10.8. The molecule has 1 fully saturated rings. The molecule has 9 heteroatoms. The predicted molar refractivity (Wildman–Crippen MR) is 148 cm³/mol. The van der Waals surface area contributed by atoms with Gasteiger partial charge in [-0.3, -0.25) is 14.5 Å². The summed E-state index contributed by atoms with van der Waals surface area (Å²) in [6.07, 6.45) is 1.95. The summed E-state index contributed by atoms with van der Waals surface area (Å²) in [5.74, 6) is -0.245. The third-order valence-electron chi connectivity index (χ3n) is 7.79. The topological polar surface area (TPSA) is 80.3 Å². The molecule has 212 valence electrons. The minimum absolute atomic E-state index is 0.0564. The summed E-state index contributed by atoms with van der Waals surface area (Å²) in [7, 11) is 3.45. The highest BCUT2D eigenvalue weighted by atomic mass is 19.1. The van der Waals surface area contributed by atoms with Crippen molar-refractivity contribution >= 4 is 17.5 Å². The average molecular weight is 542 g/mol. The van der Waals surface area contributed by atoms with Gasteiger partial charge in [0.15, 0.2) is 0 Å². The first-order chi connectivity index (χ1) is 18.8. The van der Waals surface area contributed by atoms with Crippen LogP contribution in [0.5, 0.6) is 5.75 Å². The van der Waals surface area contributed by atoms with Crippen LogP contribution in [0.25, 0.3) is 0 Å². The third kappa shape index (κ3) is 7.35. The molecule has 39 heavy (non-hydrogen) atoms. The van der Waals surface area contributed by atoms with Crippen molar-refractivity contribution in [2.45, 2.75) is 38.8 Å². The summed E-state index contributed by atoms with van der Waals surface area (Å²) in [6.45, 7) is 8.44. The minimum atomic E-state index is -0.602. The lowest BCUT2D eigenvalue weighted by atomic mass is 9.96. The minimum Gasteiger partial charge on any atom is -0.491 e. The fourth-order valence-electron chi connectivity index (χ4n) is 5.28. The Labute approximate surface area is 230 Å². The van der Waals surface area contributed by atoms with Gasteiger partial charge in [-0.25, -0.2) is 4.39 Å². The average Bonchev–Trinajstić information content (AvgIpc) is 2.94. The van der Waals surface area contributed by atoms with Crippen LogP contribution in [0, 0.1) is 17.7 Å². The second-order valence-corrected chi connectivity index (χ2v) is 10.8. The number of amides is 2. The summed E-state index contributed by atoms with van der Waals surface area (Å²) >= 11 is 0. The lowest BCUT2D eigenvalue weighted by molar-refractivity contribution is 0.0000254. The smallest absolute Gasteiger partial charge is 0.258 e. The number of ether oxygens (including phenoxy) is 3. The maximum absolute atomic E-state index is 14.1. The fraction of sp³-hybridized carbons (Fsp3) is 0.533. The van der Waals surface area contributed by atoms with Gasteiger partial charge in [0, 0.05) is 64.8 Å². The molecule has 8 nitrogen and oxygen atoms in total. The van der Waals surface area contributed by atoms with Gasteiger partial charge in [0.2, 0.25) is 0 Å². The standard InChI is InChI=1S/C30H40FN3O5/c1-20-16-34(17-22-11-13-38-14-12-22)21(2)19-39-27-15-23(32-29(35)24-7-5-6-8-26(24)31)9-10-25(27)30(36)33(3)18-28(20)37-4/h5-10,15,20-22,28H,11-14,16-19H2,1-4H3,(H,32,35)/t20-,21+,28-/m1/s1. The molecule has 0 radical (unpaired) electrons. The van der Waals surface area contributed by atoms with Crippen LogP contribution in [0.4, 0.5) is 10.1 Å². The number of fused-ring (bicyclic) bond motifs is 1. The molecule has 1 saturated heterocycles. The molecular formula is C30H40FN3O5. The van der Waals surface area contributed by atoms with Crippen molar-refractivity contribution in [1.82, 2.24) is 9.80 Å². The third-order valence-corrected chi connectivity index (χ3v) is 7.79. The van der Waals surface area contributed by atoms with Gasteiger partial charge >= 0.3 is 0 Å². The SMILES string of the molecule is CO[C@@H]1CN(C)C(=O)c2ccc(NC(=O)c3ccccc3F)cc2OC[C@H](C)N(CC2CCOCC2)C[C@H]1C. The maximum atomic E-state index is 14.1. The molecule has 4 rings (SSSR count). The molecular weight excluding hydrogens is 501 g/mol. The molecule has 2 heterocycles. The van der Waals surface area contributed by atoms with Gasteiger partial charge < -0.3 is 24.4 Å². The Kier molecular flexibility index (Phi) is 9.94. The molecule has 0 spiro atoms. The van der Waals surface area contributed by atoms with E-state index in [1.807, 2.05) is 0 Å². The Hall–Kier alpha value is -3.01. The molecule has 0 aliphatic carbocycles. The van der Waals surface area contributed by atoms with Crippen LogP contribution in [0.15, 0.2) is 42.5 Å². The predicted octanol–water partition coefficient (Wildman–Crippen LogP) is 4.31. The van der Waals surface area contributed by atoms with Crippen LogP contribution >= 0.6 is 0 Å². The van der Waals surface area contributed by atoms with Crippen molar-refractivity contribution in [3.63, 3.8) is 0 Å². The van der Waals surface area contributed by atoms with Crippen LogP contribution in [-0.4, -0.2) is 87.4 Å². The van der Waals surface area contributed by atoms with Crippen molar-refractivity contribution in [2.24, 2.45) is 11.8 Å². The number of carbonyl (C=O) groups is 2. The van der Waals surface area contributed by atoms with Gasteiger partial charge in [0.25, 0.3) is 11.8 Å². The van der Waals surface area contributed by atoms with Crippen LogP contribution in [0.1, 0.15) is 47.4 Å². The lowest BCUT2D eigenvalue weighted by Gasteiger charge is -2.38. The molecule has 2 aromatic carbocycles. The maximum Gasteiger partial charge on any atom is 0.258 e. The number of halogens is 1. The molecule has 2 aromatic rings. The normalized spacial score (nSPS) is 23.8. The van der Waals surface area contributed by atoms with E-state index in [4.69, 9.17) is 14.2 Å². The van der Waals surface area contributed by atoms with Gasteiger partial charge in [-0.2, -0.15) is 0 Å². The van der Waals surface area contributed by atoms with Crippen molar-refractivity contribution in [2.75, 3.05) is 58.9 Å². The van der Waals surface area contributed by atoms with E-state index in [0.717, 1.165) is 39.1 Å².